The van der Waals surface area contributed by atoms with Crippen LogP contribution in [0.5, 0.6) is 0 Å². The van der Waals surface area contributed by atoms with Crippen molar-refractivity contribution < 1.29 is 0 Å². The number of hydrogen-bond donors (Lipinski definition) is 1. The minimum Gasteiger partial charge on any atom is -0.374 e. The topological polar surface area (TPSA) is 15.3 Å². The molecule has 0 radical (unpaired) electrons. The SMILES string of the molecule is CCNCC1(CN(C)c2ccc(CC)cc2)CCCCC1. The molecule has 2 rings (SSSR count). The molecule has 2 nitrogen and oxygen atoms in total. The van der Waals surface area contributed by atoms with Crippen LogP contribution in [-0.4, -0.2) is 26.7 Å². The van der Waals surface area contributed by atoms with Gasteiger partial charge in [-0.1, -0.05) is 45.2 Å². The number of benzene rings is 1. The molecule has 1 aromatic rings. The van der Waals surface area contributed by atoms with Crippen molar-refractivity contribution >= 4 is 5.69 Å². The van der Waals surface area contributed by atoms with E-state index in [0.29, 0.717) is 5.41 Å². The van der Waals surface area contributed by atoms with E-state index in [-0.39, 0.29) is 0 Å². The van der Waals surface area contributed by atoms with Crippen molar-refractivity contribution in [2.24, 2.45) is 5.41 Å². The van der Waals surface area contributed by atoms with E-state index in [1.807, 2.05) is 0 Å². The largest absolute Gasteiger partial charge is 0.374 e. The van der Waals surface area contributed by atoms with Crippen molar-refractivity contribution in [1.82, 2.24) is 5.32 Å². The van der Waals surface area contributed by atoms with Crippen molar-refractivity contribution in [3.63, 3.8) is 0 Å². The second-order valence-corrected chi connectivity index (χ2v) is 6.72. The number of nitrogens with zero attached hydrogens (tertiary/aromatic N) is 1. The van der Waals surface area contributed by atoms with Gasteiger partial charge in [0.05, 0.1) is 0 Å². The van der Waals surface area contributed by atoms with Crippen molar-refractivity contribution in [2.75, 3.05) is 31.6 Å². The lowest BCUT2D eigenvalue weighted by Gasteiger charge is -2.41. The normalized spacial score (nSPS) is 17.7. The minimum absolute atomic E-state index is 0.465. The molecular weight excluding hydrogens is 256 g/mol. The summed E-state index contributed by atoms with van der Waals surface area (Å²) in [5, 5.41) is 3.61. The molecule has 1 N–H and O–H groups in total. The van der Waals surface area contributed by atoms with Gasteiger partial charge in [-0.3, -0.25) is 0 Å². The molecule has 1 aliphatic rings. The molecule has 1 aliphatic carbocycles. The molecule has 21 heavy (non-hydrogen) atoms. The van der Waals surface area contributed by atoms with Crippen molar-refractivity contribution in [1.29, 1.82) is 0 Å². The molecule has 0 heterocycles. The summed E-state index contributed by atoms with van der Waals surface area (Å²) in [6.07, 6.45) is 8.08. The van der Waals surface area contributed by atoms with Crippen LogP contribution in [0.25, 0.3) is 0 Å². The molecule has 1 fully saturated rings. The number of aryl methyl sites for hydroxylation is 1. The fraction of sp³-hybridized carbons (Fsp3) is 0.684. The zero-order valence-electron chi connectivity index (χ0n) is 14.1. The molecule has 0 atom stereocenters. The van der Waals surface area contributed by atoms with Crippen molar-refractivity contribution in [2.45, 2.75) is 52.4 Å². The second-order valence-electron chi connectivity index (χ2n) is 6.72. The van der Waals surface area contributed by atoms with Gasteiger partial charge < -0.3 is 10.2 Å². The van der Waals surface area contributed by atoms with Crippen LogP contribution in [0.3, 0.4) is 0 Å². The Bertz CT molecular complexity index is 404. The van der Waals surface area contributed by atoms with Gasteiger partial charge >= 0.3 is 0 Å². The first-order valence-electron chi connectivity index (χ1n) is 8.70. The smallest absolute Gasteiger partial charge is 0.0363 e. The summed E-state index contributed by atoms with van der Waals surface area (Å²) in [5.41, 5.74) is 3.24. The van der Waals surface area contributed by atoms with Gasteiger partial charge in [0, 0.05) is 31.2 Å². The van der Waals surface area contributed by atoms with E-state index >= 15 is 0 Å². The third-order valence-corrected chi connectivity index (χ3v) is 5.02. The Hall–Kier alpha value is -1.02. The quantitative estimate of drug-likeness (QED) is 0.807. The fourth-order valence-corrected chi connectivity index (χ4v) is 3.66. The molecule has 0 unspecified atom stereocenters. The molecule has 0 saturated heterocycles. The Morgan fingerprint density at radius 3 is 2.29 bits per heavy atom. The summed E-state index contributed by atoms with van der Waals surface area (Å²) in [5.74, 6) is 0. The maximum absolute atomic E-state index is 3.61. The Morgan fingerprint density at radius 2 is 1.71 bits per heavy atom. The van der Waals surface area contributed by atoms with Crippen molar-refractivity contribution in [3.05, 3.63) is 29.8 Å². The van der Waals surface area contributed by atoms with Gasteiger partial charge in [0.15, 0.2) is 0 Å². The summed E-state index contributed by atoms with van der Waals surface area (Å²) in [6.45, 7) is 7.85. The Morgan fingerprint density at radius 1 is 1.05 bits per heavy atom. The summed E-state index contributed by atoms with van der Waals surface area (Å²) < 4.78 is 0. The average molecular weight is 288 g/mol. The summed E-state index contributed by atoms with van der Waals surface area (Å²) in [6, 6.07) is 9.10. The number of hydrogen-bond acceptors (Lipinski definition) is 2. The maximum Gasteiger partial charge on any atom is 0.0363 e. The van der Waals surface area contributed by atoms with Crippen LogP contribution < -0.4 is 10.2 Å². The molecule has 118 valence electrons. The zero-order chi connectivity index (χ0) is 15.1. The third-order valence-electron chi connectivity index (χ3n) is 5.02. The van der Waals surface area contributed by atoms with Crippen LogP contribution in [0, 0.1) is 5.41 Å². The van der Waals surface area contributed by atoms with Gasteiger partial charge in [0.1, 0.15) is 0 Å². The maximum atomic E-state index is 3.61. The molecule has 0 spiro atoms. The first-order valence-corrected chi connectivity index (χ1v) is 8.70. The average Bonchev–Trinajstić information content (AvgIpc) is 2.54. The first kappa shape index (κ1) is 16.4. The lowest BCUT2D eigenvalue weighted by molar-refractivity contribution is 0.190. The van der Waals surface area contributed by atoms with Gasteiger partial charge in [-0.25, -0.2) is 0 Å². The Labute approximate surface area is 130 Å². The van der Waals surface area contributed by atoms with Gasteiger partial charge in [0.2, 0.25) is 0 Å². The van der Waals surface area contributed by atoms with E-state index in [9.17, 15) is 0 Å². The molecular formula is C19H32N2. The number of nitrogens with one attached hydrogen (secondary N) is 1. The Kier molecular flexibility index (Phi) is 6.10. The van der Waals surface area contributed by atoms with E-state index in [1.165, 1.54) is 56.4 Å². The highest BCUT2D eigenvalue weighted by Crippen LogP contribution is 2.37. The highest BCUT2D eigenvalue weighted by molar-refractivity contribution is 5.47. The lowest BCUT2D eigenvalue weighted by atomic mass is 9.73. The highest BCUT2D eigenvalue weighted by Gasteiger charge is 2.32. The fourth-order valence-electron chi connectivity index (χ4n) is 3.66. The number of rotatable bonds is 7. The minimum atomic E-state index is 0.465. The van der Waals surface area contributed by atoms with Crippen LogP contribution in [-0.2, 0) is 6.42 Å². The molecule has 0 aliphatic heterocycles. The molecule has 0 amide bonds. The predicted molar refractivity (Wildman–Crippen MR) is 93.2 cm³/mol. The predicted octanol–water partition coefficient (Wildman–Crippen LogP) is 4.25. The third kappa shape index (κ3) is 4.47. The van der Waals surface area contributed by atoms with Gasteiger partial charge in [-0.2, -0.15) is 0 Å². The van der Waals surface area contributed by atoms with Crippen LogP contribution in [0.15, 0.2) is 24.3 Å². The first-order chi connectivity index (χ1) is 10.2. The van der Waals surface area contributed by atoms with E-state index in [1.54, 1.807) is 0 Å². The van der Waals surface area contributed by atoms with Crippen LogP contribution >= 0.6 is 0 Å². The van der Waals surface area contributed by atoms with E-state index < -0.39 is 0 Å². The molecule has 1 saturated carbocycles. The monoisotopic (exact) mass is 288 g/mol. The van der Waals surface area contributed by atoms with Gasteiger partial charge in [-0.15, -0.1) is 0 Å². The molecule has 1 aromatic carbocycles. The summed E-state index contributed by atoms with van der Waals surface area (Å²) >= 11 is 0. The van der Waals surface area contributed by atoms with Crippen molar-refractivity contribution in [3.8, 4) is 0 Å². The molecule has 2 heteroatoms. The second kappa shape index (κ2) is 7.84. The van der Waals surface area contributed by atoms with E-state index in [2.05, 4.69) is 55.4 Å². The van der Waals surface area contributed by atoms with Crippen LogP contribution in [0.1, 0.15) is 51.5 Å². The van der Waals surface area contributed by atoms with Crippen LogP contribution in [0.2, 0.25) is 0 Å². The van der Waals surface area contributed by atoms with Crippen LogP contribution in [0.4, 0.5) is 5.69 Å². The Balaban J connectivity index is 2.03. The van der Waals surface area contributed by atoms with Gasteiger partial charge in [-0.05, 0) is 43.5 Å². The summed E-state index contributed by atoms with van der Waals surface area (Å²) in [7, 11) is 2.25. The van der Waals surface area contributed by atoms with E-state index in [4.69, 9.17) is 0 Å². The molecule has 0 bridgehead atoms. The van der Waals surface area contributed by atoms with Gasteiger partial charge in [0.25, 0.3) is 0 Å². The highest BCUT2D eigenvalue weighted by atomic mass is 15.1. The molecule has 0 aromatic heterocycles. The van der Waals surface area contributed by atoms with E-state index in [0.717, 1.165) is 13.0 Å². The number of anilines is 1. The standard InChI is InChI=1S/C19H32N2/c1-4-17-9-11-18(12-10-17)21(3)16-19(15-20-5-2)13-7-6-8-14-19/h9-12,20H,4-8,13-16H2,1-3H3. The lowest BCUT2D eigenvalue weighted by Crippen LogP contribution is -2.44. The summed E-state index contributed by atoms with van der Waals surface area (Å²) in [4.78, 5) is 2.46. The zero-order valence-corrected chi connectivity index (χ0v) is 14.1.